The molecule has 0 amide bonds. The van der Waals surface area contributed by atoms with E-state index >= 15 is 0 Å². The van der Waals surface area contributed by atoms with Crippen LogP contribution in [0.1, 0.15) is 44.3 Å². The first-order valence-corrected chi connectivity index (χ1v) is 8.09. The molecule has 1 atom stereocenters. The molecule has 0 aromatic heterocycles. The van der Waals surface area contributed by atoms with Crippen molar-refractivity contribution in [1.29, 1.82) is 0 Å². The van der Waals surface area contributed by atoms with Crippen LogP contribution in [-0.2, 0) is 4.74 Å². The molecule has 0 N–H and O–H groups in total. The minimum atomic E-state index is -0.876. The first-order chi connectivity index (χ1) is 11.9. The smallest absolute Gasteiger partial charge is 0.338 e. The Labute approximate surface area is 146 Å². The Bertz CT molecular complexity index is 853. The first-order valence-electron chi connectivity index (χ1n) is 8.09. The average Bonchev–Trinajstić information content (AvgIpc) is 3.05. The highest BCUT2D eigenvalue weighted by molar-refractivity contribution is 6.02. The zero-order valence-corrected chi connectivity index (χ0v) is 14.7. The molecule has 1 heterocycles. The number of esters is 1. The molecular weight excluding hydrogens is 320 g/mol. The molecular formula is C20H20O5. The van der Waals surface area contributed by atoms with Gasteiger partial charge >= 0.3 is 5.97 Å². The van der Waals surface area contributed by atoms with E-state index in [2.05, 4.69) is 0 Å². The van der Waals surface area contributed by atoms with Crippen LogP contribution in [-0.4, -0.2) is 24.6 Å². The standard InChI is InChI=1S/C20H20O5/c1-11-7-13(3)16(8-12(11)2)19(21)14(4)25-20(22)15-5-6-17-18(9-15)24-10-23-17/h5-9,14H,10H2,1-4H3/t14-/m1/s1. The van der Waals surface area contributed by atoms with Gasteiger partial charge in [-0.3, -0.25) is 4.79 Å². The Kier molecular flexibility index (Phi) is 4.49. The number of carbonyl (C=O) groups is 2. The second-order valence-corrected chi connectivity index (χ2v) is 6.23. The minimum absolute atomic E-state index is 0.134. The van der Waals surface area contributed by atoms with Crippen LogP contribution in [0.4, 0.5) is 0 Å². The molecule has 1 aliphatic rings. The molecule has 130 valence electrons. The molecule has 25 heavy (non-hydrogen) atoms. The van der Waals surface area contributed by atoms with Gasteiger partial charge in [0.2, 0.25) is 12.6 Å². The van der Waals surface area contributed by atoms with E-state index < -0.39 is 12.1 Å². The van der Waals surface area contributed by atoms with Crippen molar-refractivity contribution in [3.63, 3.8) is 0 Å². The predicted octanol–water partition coefficient (Wildman–Crippen LogP) is 3.77. The van der Waals surface area contributed by atoms with Gasteiger partial charge in [-0.25, -0.2) is 4.79 Å². The van der Waals surface area contributed by atoms with Crippen LogP contribution in [0.5, 0.6) is 11.5 Å². The number of ether oxygens (including phenoxy) is 3. The van der Waals surface area contributed by atoms with Crippen molar-refractivity contribution < 1.29 is 23.8 Å². The molecule has 0 unspecified atom stereocenters. The van der Waals surface area contributed by atoms with Gasteiger partial charge in [0.25, 0.3) is 0 Å². The maximum atomic E-state index is 12.7. The highest BCUT2D eigenvalue weighted by Crippen LogP contribution is 2.32. The van der Waals surface area contributed by atoms with Gasteiger partial charge in [0.15, 0.2) is 17.6 Å². The van der Waals surface area contributed by atoms with Crippen LogP contribution < -0.4 is 9.47 Å². The maximum Gasteiger partial charge on any atom is 0.338 e. The fourth-order valence-corrected chi connectivity index (χ4v) is 2.75. The zero-order chi connectivity index (χ0) is 18.1. The van der Waals surface area contributed by atoms with Crippen LogP contribution >= 0.6 is 0 Å². The third kappa shape index (κ3) is 3.36. The van der Waals surface area contributed by atoms with Gasteiger partial charge in [-0.05, 0) is 68.7 Å². The maximum absolute atomic E-state index is 12.7. The predicted molar refractivity (Wildman–Crippen MR) is 92.4 cm³/mol. The molecule has 0 saturated heterocycles. The first kappa shape index (κ1) is 17.0. The summed E-state index contributed by atoms with van der Waals surface area (Å²) in [5, 5.41) is 0. The lowest BCUT2D eigenvalue weighted by Gasteiger charge is -2.15. The molecule has 1 aliphatic heterocycles. The second kappa shape index (κ2) is 6.59. The normalized spacial score (nSPS) is 13.4. The fraction of sp³-hybridized carbons (Fsp3) is 0.300. The Morgan fingerprint density at radius 2 is 1.64 bits per heavy atom. The summed E-state index contributed by atoms with van der Waals surface area (Å²) in [6.45, 7) is 7.55. The third-order valence-electron chi connectivity index (χ3n) is 4.37. The molecule has 3 rings (SSSR count). The van der Waals surface area contributed by atoms with Crippen molar-refractivity contribution in [2.24, 2.45) is 0 Å². The van der Waals surface area contributed by atoms with E-state index in [1.165, 1.54) is 0 Å². The molecule has 0 aliphatic carbocycles. The summed E-state index contributed by atoms with van der Waals surface area (Å²) in [6.07, 6.45) is -0.876. The van der Waals surface area contributed by atoms with Gasteiger partial charge in [-0.1, -0.05) is 6.07 Å². The van der Waals surface area contributed by atoms with Gasteiger partial charge in [0.05, 0.1) is 5.56 Å². The van der Waals surface area contributed by atoms with Crippen LogP contribution in [0.15, 0.2) is 30.3 Å². The molecule has 0 spiro atoms. The Hall–Kier alpha value is -2.82. The summed E-state index contributed by atoms with van der Waals surface area (Å²) >= 11 is 0. The van der Waals surface area contributed by atoms with E-state index in [-0.39, 0.29) is 12.6 Å². The summed E-state index contributed by atoms with van der Waals surface area (Å²) in [4.78, 5) is 25.0. The van der Waals surface area contributed by atoms with Crippen LogP contribution in [0.25, 0.3) is 0 Å². The van der Waals surface area contributed by atoms with Crippen LogP contribution in [0.3, 0.4) is 0 Å². The van der Waals surface area contributed by atoms with E-state index in [9.17, 15) is 9.59 Å². The molecule has 0 bridgehead atoms. The summed E-state index contributed by atoms with van der Waals surface area (Å²) in [5.41, 5.74) is 3.93. The van der Waals surface area contributed by atoms with E-state index in [0.717, 1.165) is 16.7 Å². The number of hydrogen-bond donors (Lipinski definition) is 0. The van der Waals surface area contributed by atoms with Crippen molar-refractivity contribution in [2.75, 3.05) is 6.79 Å². The fourth-order valence-electron chi connectivity index (χ4n) is 2.75. The quantitative estimate of drug-likeness (QED) is 0.626. The number of benzene rings is 2. The van der Waals surface area contributed by atoms with Crippen molar-refractivity contribution in [3.8, 4) is 11.5 Å². The monoisotopic (exact) mass is 340 g/mol. The Morgan fingerprint density at radius 3 is 2.40 bits per heavy atom. The molecule has 0 fully saturated rings. The second-order valence-electron chi connectivity index (χ2n) is 6.23. The Balaban J connectivity index is 1.75. The molecule has 0 saturated carbocycles. The highest BCUT2D eigenvalue weighted by atomic mass is 16.7. The average molecular weight is 340 g/mol. The number of rotatable bonds is 4. The Morgan fingerprint density at radius 1 is 0.960 bits per heavy atom. The SMILES string of the molecule is Cc1cc(C)c(C(=O)[C@@H](C)OC(=O)c2ccc3c(c2)OCO3)cc1C. The van der Waals surface area contributed by atoms with Gasteiger partial charge < -0.3 is 14.2 Å². The lowest BCUT2D eigenvalue weighted by molar-refractivity contribution is 0.0318. The summed E-state index contributed by atoms with van der Waals surface area (Å²) in [6, 6.07) is 8.61. The minimum Gasteiger partial charge on any atom is -0.454 e. The largest absolute Gasteiger partial charge is 0.454 e. The molecule has 2 aromatic carbocycles. The van der Waals surface area contributed by atoms with Crippen molar-refractivity contribution >= 4 is 11.8 Å². The number of hydrogen-bond acceptors (Lipinski definition) is 5. The van der Waals surface area contributed by atoms with Gasteiger partial charge in [-0.15, -0.1) is 0 Å². The van der Waals surface area contributed by atoms with Gasteiger partial charge in [0, 0.05) is 5.56 Å². The zero-order valence-electron chi connectivity index (χ0n) is 14.7. The van der Waals surface area contributed by atoms with E-state index in [1.807, 2.05) is 32.9 Å². The molecule has 2 aromatic rings. The van der Waals surface area contributed by atoms with E-state index in [1.54, 1.807) is 25.1 Å². The van der Waals surface area contributed by atoms with E-state index in [0.29, 0.717) is 22.6 Å². The highest BCUT2D eigenvalue weighted by Gasteiger charge is 2.23. The summed E-state index contributed by atoms with van der Waals surface area (Å²) < 4.78 is 15.8. The lowest BCUT2D eigenvalue weighted by Crippen LogP contribution is -2.25. The van der Waals surface area contributed by atoms with Crippen molar-refractivity contribution in [1.82, 2.24) is 0 Å². The van der Waals surface area contributed by atoms with Crippen LogP contribution in [0, 0.1) is 20.8 Å². The molecule has 5 heteroatoms. The summed E-state index contributed by atoms with van der Waals surface area (Å²) in [7, 11) is 0. The van der Waals surface area contributed by atoms with Crippen molar-refractivity contribution in [2.45, 2.75) is 33.8 Å². The number of fused-ring (bicyclic) bond motifs is 1. The molecule has 0 radical (unpaired) electrons. The number of ketones is 1. The summed E-state index contributed by atoms with van der Waals surface area (Å²) in [5.74, 6) is 0.306. The number of aryl methyl sites for hydroxylation is 3. The van der Waals surface area contributed by atoms with Gasteiger partial charge in [0.1, 0.15) is 0 Å². The van der Waals surface area contributed by atoms with Crippen LogP contribution in [0.2, 0.25) is 0 Å². The van der Waals surface area contributed by atoms with E-state index in [4.69, 9.17) is 14.2 Å². The van der Waals surface area contributed by atoms with Gasteiger partial charge in [-0.2, -0.15) is 0 Å². The number of Topliss-reactive ketones (excluding diaryl/α,β-unsaturated/α-hetero) is 1. The third-order valence-corrected chi connectivity index (χ3v) is 4.37. The van der Waals surface area contributed by atoms with Crippen molar-refractivity contribution in [3.05, 3.63) is 58.1 Å². The number of carbonyl (C=O) groups excluding carboxylic acids is 2. The molecule has 5 nitrogen and oxygen atoms in total. The lowest BCUT2D eigenvalue weighted by atomic mass is 9.96. The topological polar surface area (TPSA) is 61.8 Å².